The lowest BCUT2D eigenvalue weighted by atomic mass is 9.99. The number of anilines is 1. The highest BCUT2D eigenvalue weighted by Gasteiger charge is 2.34. The van der Waals surface area contributed by atoms with Crippen molar-refractivity contribution in [3.63, 3.8) is 0 Å². The number of hydrogen-bond acceptors (Lipinski definition) is 5. The van der Waals surface area contributed by atoms with Crippen LogP contribution in [0.4, 0.5) is 5.69 Å². The van der Waals surface area contributed by atoms with Crippen LogP contribution in [0.15, 0.2) is 88.9 Å². The van der Waals surface area contributed by atoms with Crippen LogP contribution in [-0.2, 0) is 22.6 Å². The lowest BCUT2D eigenvalue weighted by Gasteiger charge is -2.33. The van der Waals surface area contributed by atoms with Gasteiger partial charge >= 0.3 is 0 Å². The Morgan fingerprint density at radius 3 is 2.41 bits per heavy atom. The predicted molar refractivity (Wildman–Crippen MR) is 144 cm³/mol. The van der Waals surface area contributed by atoms with Crippen molar-refractivity contribution in [1.82, 2.24) is 10.6 Å². The second kappa shape index (κ2) is 12.2. The van der Waals surface area contributed by atoms with Gasteiger partial charge < -0.3 is 15.1 Å². The Morgan fingerprint density at radius 2 is 1.73 bits per heavy atom. The molecule has 0 aliphatic rings. The van der Waals surface area contributed by atoms with Crippen molar-refractivity contribution in [1.29, 1.82) is 0 Å². The molecule has 1 atom stereocenters. The lowest BCUT2D eigenvalue weighted by Crippen LogP contribution is -2.47. The van der Waals surface area contributed by atoms with Crippen molar-refractivity contribution in [3.8, 4) is 0 Å². The third kappa shape index (κ3) is 6.34. The van der Waals surface area contributed by atoms with Gasteiger partial charge in [0, 0.05) is 5.69 Å². The molecule has 7 nitrogen and oxygen atoms in total. The number of amides is 3. The topological polar surface area (TPSA) is 91.7 Å². The minimum Gasteiger partial charge on any atom is -0.467 e. The van der Waals surface area contributed by atoms with E-state index < -0.39 is 11.9 Å². The first kappa shape index (κ1) is 25.9. The number of furan rings is 1. The maximum Gasteiger partial charge on any atom is 0.261 e. The van der Waals surface area contributed by atoms with E-state index in [1.807, 2.05) is 62.4 Å². The van der Waals surface area contributed by atoms with E-state index in [0.717, 1.165) is 11.1 Å². The molecule has 1 unspecified atom stereocenters. The first-order chi connectivity index (χ1) is 18.0. The van der Waals surface area contributed by atoms with Gasteiger partial charge in [-0.15, -0.1) is 11.3 Å². The minimum atomic E-state index is -0.964. The van der Waals surface area contributed by atoms with Crippen molar-refractivity contribution in [2.24, 2.45) is 0 Å². The van der Waals surface area contributed by atoms with E-state index in [0.29, 0.717) is 28.3 Å². The van der Waals surface area contributed by atoms with E-state index >= 15 is 0 Å². The number of nitrogens with zero attached hydrogens (tertiary/aromatic N) is 1. The Kier molecular flexibility index (Phi) is 8.53. The fourth-order valence-electron chi connectivity index (χ4n) is 4.05. The molecule has 0 fully saturated rings. The van der Waals surface area contributed by atoms with Gasteiger partial charge in [-0.2, -0.15) is 0 Å². The minimum absolute atomic E-state index is 0.181. The molecule has 2 N–H and O–H groups in total. The second-order valence-electron chi connectivity index (χ2n) is 8.52. The molecule has 2 aromatic heterocycles. The zero-order valence-electron chi connectivity index (χ0n) is 20.8. The summed E-state index contributed by atoms with van der Waals surface area (Å²) in [4.78, 5) is 42.1. The molecule has 0 saturated carbocycles. The Bertz CT molecular complexity index is 1330. The summed E-state index contributed by atoms with van der Waals surface area (Å²) in [7, 11) is 0. The average molecular weight is 516 g/mol. The SMILES string of the molecule is CCc1ccccc1N(C(=O)CNC(=O)c1cccs1)C(C(=O)NCc1ccco1)c1ccc(C)cc1. The van der Waals surface area contributed by atoms with Crippen molar-refractivity contribution >= 4 is 34.7 Å². The highest BCUT2D eigenvalue weighted by atomic mass is 32.1. The number of thiophene rings is 1. The molecule has 4 aromatic rings. The number of carbonyl (C=O) groups excluding carboxylic acids is 3. The third-order valence-electron chi connectivity index (χ3n) is 5.96. The van der Waals surface area contributed by atoms with Gasteiger partial charge in [-0.1, -0.05) is 61.0 Å². The number of aryl methyl sites for hydroxylation is 2. The molecular formula is C29H29N3O4S. The molecule has 0 aliphatic heterocycles. The van der Waals surface area contributed by atoms with Gasteiger partial charge in [0.1, 0.15) is 11.8 Å². The maximum atomic E-state index is 13.8. The number of carbonyl (C=O) groups is 3. The van der Waals surface area contributed by atoms with Gasteiger partial charge in [0.2, 0.25) is 11.8 Å². The summed E-state index contributed by atoms with van der Waals surface area (Å²) in [6.45, 7) is 3.88. The molecule has 3 amide bonds. The van der Waals surface area contributed by atoms with Crippen LogP contribution >= 0.6 is 11.3 Å². The quantitative estimate of drug-likeness (QED) is 0.310. The largest absolute Gasteiger partial charge is 0.467 e. The molecule has 0 bridgehead atoms. The van der Waals surface area contributed by atoms with Crippen LogP contribution in [-0.4, -0.2) is 24.3 Å². The summed E-state index contributed by atoms with van der Waals surface area (Å²) in [5, 5.41) is 7.43. The molecule has 2 aromatic carbocycles. The van der Waals surface area contributed by atoms with E-state index in [1.54, 1.807) is 35.9 Å². The average Bonchev–Trinajstić information content (AvgIpc) is 3.64. The van der Waals surface area contributed by atoms with Crippen LogP contribution < -0.4 is 15.5 Å². The van der Waals surface area contributed by atoms with Crippen molar-refractivity contribution in [2.75, 3.05) is 11.4 Å². The van der Waals surface area contributed by atoms with Crippen LogP contribution in [0.25, 0.3) is 0 Å². The normalized spacial score (nSPS) is 11.5. The van der Waals surface area contributed by atoms with E-state index in [-0.39, 0.29) is 24.9 Å². The molecule has 37 heavy (non-hydrogen) atoms. The van der Waals surface area contributed by atoms with Crippen molar-refractivity contribution in [3.05, 3.63) is 112 Å². The van der Waals surface area contributed by atoms with E-state index in [4.69, 9.17) is 4.42 Å². The summed E-state index contributed by atoms with van der Waals surface area (Å²) in [6, 6.07) is 21.1. The Morgan fingerprint density at radius 1 is 0.946 bits per heavy atom. The summed E-state index contributed by atoms with van der Waals surface area (Å²) in [5.41, 5.74) is 3.23. The number of rotatable bonds is 10. The molecule has 0 aliphatic carbocycles. The van der Waals surface area contributed by atoms with Crippen molar-refractivity contribution < 1.29 is 18.8 Å². The van der Waals surface area contributed by atoms with Gasteiger partial charge in [0.15, 0.2) is 0 Å². The first-order valence-corrected chi connectivity index (χ1v) is 12.9. The highest BCUT2D eigenvalue weighted by molar-refractivity contribution is 7.12. The molecule has 0 radical (unpaired) electrons. The van der Waals surface area contributed by atoms with Gasteiger partial charge in [-0.25, -0.2) is 0 Å². The summed E-state index contributed by atoms with van der Waals surface area (Å²) in [6.07, 6.45) is 2.21. The van der Waals surface area contributed by atoms with Gasteiger partial charge in [0.25, 0.3) is 5.91 Å². The molecule has 190 valence electrons. The van der Waals surface area contributed by atoms with Gasteiger partial charge in [-0.3, -0.25) is 19.3 Å². The Hall–Kier alpha value is -4.17. The molecule has 2 heterocycles. The Balaban J connectivity index is 1.71. The number of benzene rings is 2. The molecule has 0 saturated heterocycles. The number of hydrogen-bond donors (Lipinski definition) is 2. The van der Waals surface area contributed by atoms with E-state index in [9.17, 15) is 14.4 Å². The molecule has 4 rings (SSSR count). The first-order valence-electron chi connectivity index (χ1n) is 12.1. The van der Waals surface area contributed by atoms with Crippen LogP contribution in [0.5, 0.6) is 0 Å². The Labute approximate surface area is 220 Å². The van der Waals surface area contributed by atoms with Gasteiger partial charge in [-0.05, 0) is 54.1 Å². The molecular weight excluding hydrogens is 486 g/mol. The summed E-state index contributed by atoms with van der Waals surface area (Å²) in [5.74, 6) is -0.485. The smallest absolute Gasteiger partial charge is 0.261 e. The van der Waals surface area contributed by atoms with Crippen LogP contribution in [0.3, 0.4) is 0 Å². The summed E-state index contributed by atoms with van der Waals surface area (Å²) >= 11 is 1.30. The standard InChI is InChI=1S/C29H29N3O4S/c1-3-21-8-4-5-10-24(21)32(26(33)19-31-28(34)25-11-7-17-37-25)27(22-14-12-20(2)13-15-22)29(35)30-18-23-9-6-16-36-23/h4-17,27H,3,18-19H2,1-2H3,(H,30,35)(H,31,34). The lowest BCUT2D eigenvalue weighted by molar-refractivity contribution is -0.126. The number of nitrogens with one attached hydrogen (secondary N) is 2. The fraction of sp³-hybridized carbons (Fsp3) is 0.207. The van der Waals surface area contributed by atoms with Crippen LogP contribution in [0.2, 0.25) is 0 Å². The zero-order valence-corrected chi connectivity index (χ0v) is 21.6. The fourth-order valence-corrected chi connectivity index (χ4v) is 4.69. The highest BCUT2D eigenvalue weighted by Crippen LogP contribution is 2.31. The van der Waals surface area contributed by atoms with Gasteiger partial charge in [0.05, 0.1) is 24.2 Å². The zero-order chi connectivity index (χ0) is 26.2. The molecule has 0 spiro atoms. The summed E-state index contributed by atoms with van der Waals surface area (Å²) < 4.78 is 5.37. The number of para-hydroxylation sites is 1. The van der Waals surface area contributed by atoms with Crippen LogP contribution in [0.1, 0.15) is 45.1 Å². The molecule has 8 heteroatoms. The van der Waals surface area contributed by atoms with Crippen LogP contribution in [0, 0.1) is 6.92 Å². The van der Waals surface area contributed by atoms with Crippen molar-refractivity contribution in [2.45, 2.75) is 32.9 Å². The monoisotopic (exact) mass is 515 g/mol. The second-order valence-corrected chi connectivity index (χ2v) is 9.46. The maximum absolute atomic E-state index is 13.8. The third-order valence-corrected chi connectivity index (χ3v) is 6.83. The van der Waals surface area contributed by atoms with E-state index in [2.05, 4.69) is 10.6 Å². The van der Waals surface area contributed by atoms with E-state index in [1.165, 1.54) is 16.2 Å². The predicted octanol–water partition coefficient (Wildman–Crippen LogP) is 5.03.